The Hall–Kier alpha value is -4.79. The summed E-state index contributed by atoms with van der Waals surface area (Å²) in [6.07, 6.45) is 8.71. The zero-order valence-corrected chi connectivity index (χ0v) is 17.6. The van der Waals surface area contributed by atoms with Gasteiger partial charge in [-0.25, -0.2) is 9.67 Å². The van der Waals surface area contributed by atoms with Crippen LogP contribution in [0.2, 0.25) is 0 Å². The van der Waals surface area contributed by atoms with Gasteiger partial charge in [0, 0.05) is 35.1 Å². The Labute approximate surface area is 186 Å². The van der Waals surface area contributed by atoms with E-state index >= 15 is 0 Å². The molecule has 0 aliphatic rings. The van der Waals surface area contributed by atoms with Crippen molar-refractivity contribution in [2.75, 3.05) is 5.73 Å². The van der Waals surface area contributed by atoms with Gasteiger partial charge in [0.1, 0.15) is 11.3 Å². The van der Waals surface area contributed by atoms with E-state index in [0.717, 1.165) is 27.6 Å². The summed E-state index contributed by atoms with van der Waals surface area (Å²) in [5.41, 5.74) is 12.0. The fraction of sp³-hybridized carbons (Fsp3) is 0.0417. The summed E-state index contributed by atoms with van der Waals surface area (Å²) >= 11 is 0. The third-order valence-electron chi connectivity index (χ3n) is 5.69. The molecule has 160 valence electrons. The van der Waals surface area contributed by atoms with E-state index in [2.05, 4.69) is 25.3 Å². The van der Waals surface area contributed by atoms with Crippen molar-refractivity contribution in [2.24, 2.45) is 0 Å². The van der Waals surface area contributed by atoms with Crippen molar-refractivity contribution in [3.63, 3.8) is 0 Å². The highest BCUT2D eigenvalue weighted by Gasteiger charge is 2.20. The molecule has 9 heteroatoms. The Morgan fingerprint density at radius 3 is 2.70 bits per heavy atom. The number of hydrogen-bond donors (Lipinski definition) is 3. The summed E-state index contributed by atoms with van der Waals surface area (Å²) in [6.45, 7) is 1.96. The Kier molecular flexibility index (Phi) is 4.09. The first-order chi connectivity index (χ1) is 16.1. The molecule has 9 nitrogen and oxygen atoms in total. The Morgan fingerprint density at radius 1 is 1.06 bits per heavy atom. The average Bonchev–Trinajstić information content (AvgIpc) is 3.48. The van der Waals surface area contributed by atoms with Crippen molar-refractivity contribution in [3.8, 4) is 28.2 Å². The minimum Gasteiger partial charge on any atom is -0.398 e. The molecule has 0 aliphatic carbocycles. The van der Waals surface area contributed by atoms with E-state index in [0.29, 0.717) is 33.7 Å². The molecule has 0 atom stereocenters. The van der Waals surface area contributed by atoms with Crippen molar-refractivity contribution >= 4 is 27.5 Å². The molecule has 6 rings (SSSR count). The number of aromatic amines is 2. The molecule has 0 radical (unpaired) electrons. The zero-order valence-electron chi connectivity index (χ0n) is 17.6. The van der Waals surface area contributed by atoms with E-state index in [1.807, 2.05) is 37.4 Å². The third-order valence-corrected chi connectivity index (χ3v) is 5.69. The van der Waals surface area contributed by atoms with E-state index in [-0.39, 0.29) is 5.56 Å². The number of rotatable bonds is 3. The lowest BCUT2D eigenvalue weighted by atomic mass is 9.97. The van der Waals surface area contributed by atoms with Gasteiger partial charge in [0.05, 0.1) is 34.7 Å². The first-order valence-corrected chi connectivity index (χ1v) is 10.3. The summed E-state index contributed by atoms with van der Waals surface area (Å²) in [7, 11) is 0. The van der Waals surface area contributed by atoms with Crippen LogP contribution in [0.4, 0.5) is 5.69 Å². The van der Waals surface area contributed by atoms with Crippen LogP contribution in [0.3, 0.4) is 0 Å². The van der Waals surface area contributed by atoms with Gasteiger partial charge in [-0.3, -0.25) is 14.9 Å². The second-order valence-electron chi connectivity index (χ2n) is 7.83. The largest absolute Gasteiger partial charge is 0.398 e. The molecule has 0 saturated carbocycles. The predicted octanol–water partition coefficient (Wildman–Crippen LogP) is 3.60. The molecule has 0 aliphatic heterocycles. The summed E-state index contributed by atoms with van der Waals surface area (Å²) in [5.74, 6) is 0.434. The quantitative estimate of drug-likeness (QED) is 0.365. The average molecular weight is 434 g/mol. The minimum atomic E-state index is -0.323. The number of nitrogen functional groups attached to an aromatic ring is 1. The van der Waals surface area contributed by atoms with Crippen LogP contribution in [0.5, 0.6) is 0 Å². The molecule has 0 bridgehead atoms. The summed E-state index contributed by atoms with van der Waals surface area (Å²) in [4.78, 5) is 25.1. The van der Waals surface area contributed by atoms with E-state index < -0.39 is 0 Å². The topological polar surface area (TPSA) is 131 Å². The van der Waals surface area contributed by atoms with Crippen molar-refractivity contribution in [1.29, 1.82) is 0 Å². The molecule has 0 fully saturated rings. The lowest BCUT2D eigenvalue weighted by Gasteiger charge is -2.15. The maximum Gasteiger partial charge on any atom is 0.261 e. The van der Waals surface area contributed by atoms with Crippen molar-refractivity contribution in [2.45, 2.75) is 6.92 Å². The number of nitrogens with one attached hydrogen (secondary N) is 2. The fourth-order valence-corrected chi connectivity index (χ4v) is 4.12. The number of H-pyrrole nitrogens is 2. The third kappa shape index (κ3) is 2.98. The molecular weight excluding hydrogens is 416 g/mol. The maximum atomic E-state index is 13.3. The van der Waals surface area contributed by atoms with Gasteiger partial charge in [-0.1, -0.05) is 12.1 Å². The van der Waals surface area contributed by atoms with Crippen LogP contribution in [0.15, 0.2) is 72.2 Å². The minimum absolute atomic E-state index is 0.314. The Balaban J connectivity index is 1.73. The number of aromatic nitrogens is 7. The van der Waals surface area contributed by atoms with Gasteiger partial charge in [0.25, 0.3) is 5.56 Å². The molecule has 4 N–H and O–H groups in total. The van der Waals surface area contributed by atoms with E-state index in [9.17, 15) is 4.79 Å². The second kappa shape index (κ2) is 7.13. The number of aryl methyl sites for hydroxylation is 1. The molecule has 4 heterocycles. The van der Waals surface area contributed by atoms with Crippen LogP contribution in [0.1, 0.15) is 5.56 Å². The van der Waals surface area contributed by atoms with Crippen LogP contribution in [0.25, 0.3) is 50.0 Å². The van der Waals surface area contributed by atoms with Gasteiger partial charge in [-0.15, -0.1) is 0 Å². The number of pyridine rings is 1. The van der Waals surface area contributed by atoms with Gasteiger partial charge in [-0.2, -0.15) is 10.2 Å². The molecule has 2 aromatic carbocycles. The monoisotopic (exact) mass is 434 g/mol. The summed E-state index contributed by atoms with van der Waals surface area (Å²) in [5, 5.41) is 12.8. The molecule has 6 aromatic rings. The number of nitrogens with zero attached hydrogens (tertiary/aromatic N) is 5. The van der Waals surface area contributed by atoms with Crippen LogP contribution in [0, 0.1) is 6.92 Å². The van der Waals surface area contributed by atoms with Crippen molar-refractivity contribution < 1.29 is 0 Å². The number of benzene rings is 2. The smallest absolute Gasteiger partial charge is 0.261 e. The summed E-state index contributed by atoms with van der Waals surface area (Å²) in [6, 6.07) is 11.3. The van der Waals surface area contributed by atoms with E-state index in [4.69, 9.17) is 10.7 Å². The fourth-order valence-electron chi connectivity index (χ4n) is 4.12. The zero-order chi connectivity index (χ0) is 22.5. The van der Waals surface area contributed by atoms with Crippen LogP contribution < -0.4 is 11.3 Å². The molecular formula is C24H18N8O. The molecule has 4 aromatic heterocycles. The highest BCUT2D eigenvalue weighted by molar-refractivity contribution is 6.07. The number of fused-ring (bicyclic) bond motifs is 2. The normalized spacial score (nSPS) is 11.4. The number of anilines is 1. The Bertz CT molecular complexity index is 1710. The first kappa shape index (κ1) is 18.9. The molecule has 0 saturated heterocycles. The number of hydrogen-bond acceptors (Lipinski definition) is 6. The highest BCUT2D eigenvalue weighted by Crippen LogP contribution is 2.37. The van der Waals surface area contributed by atoms with Crippen molar-refractivity contribution in [1.82, 2.24) is 34.9 Å². The van der Waals surface area contributed by atoms with Gasteiger partial charge in [-0.05, 0) is 42.3 Å². The van der Waals surface area contributed by atoms with Crippen molar-refractivity contribution in [3.05, 3.63) is 83.3 Å². The lowest BCUT2D eigenvalue weighted by Crippen LogP contribution is -2.14. The number of nitrogens with two attached hydrogens (primary N) is 1. The molecule has 0 amide bonds. The van der Waals surface area contributed by atoms with Gasteiger partial charge < -0.3 is 10.7 Å². The van der Waals surface area contributed by atoms with Crippen LogP contribution in [-0.4, -0.2) is 34.9 Å². The van der Waals surface area contributed by atoms with E-state index in [1.165, 1.54) is 0 Å². The van der Waals surface area contributed by atoms with Crippen LogP contribution in [-0.2, 0) is 0 Å². The SMILES string of the molecule is Cc1cnn(-c2cc(-c3cccc4[nH]ncc34)c(N)c3c(=O)[nH]c(-c4ccncc4)nc23)c1. The summed E-state index contributed by atoms with van der Waals surface area (Å²) < 4.78 is 1.72. The highest BCUT2D eigenvalue weighted by atomic mass is 16.1. The maximum absolute atomic E-state index is 13.3. The second-order valence-corrected chi connectivity index (χ2v) is 7.83. The standard InChI is InChI=1S/C24H18N8O/c1-13-10-28-32(12-13)19-9-16(15-3-2-4-18-17(15)11-27-31-18)21(25)20-22(19)29-23(30-24(20)33)14-5-7-26-8-6-14/h2-12H,25H2,1H3,(H,27,31)(H,29,30,33). The van der Waals surface area contributed by atoms with Gasteiger partial charge in [0.15, 0.2) is 0 Å². The first-order valence-electron chi connectivity index (χ1n) is 10.3. The lowest BCUT2D eigenvalue weighted by molar-refractivity contribution is 0.884. The predicted molar refractivity (Wildman–Crippen MR) is 127 cm³/mol. The molecule has 0 unspecified atom stereocenters. The molecule has 33 heavy (non-hydrogen) atoms. The van der Waals surface area contributed by atoms with Gasteiger partial charge in [0.2, 0.25) is 0 Å². The van der Waals surface area contributed by atoms with Gasteiger partial charge >= 0.3 is 0 Å². The molecule has 0 spiro atoms. The van der Waals surface area contributed by atoms with E-state index in [1.54, 1.807) is 41.6 Å². The Morgan fingerprint density at radius 2 is 1.91 bits per heavy atom. The van der Waals surface area contributed by atoms with Crippen LogP contribution >= 0.6 is 0 Å².